The molecule has 34 heavy (non-hydrogen) atoms. The first-order valence-corrected chi connectivity index (χ1v) is 10.1. The van der Waals surface area contributed by atoms with Crippen LogP contribution < -0.4 is 21.5 Å². The highest BCUT2D eigenvalue weighted by atomic mass is 19.4. The minimum absolute atomic E-state index is 0.190. The number of carbonyl (C=O) groups is 1. The Balaban J connectivity index is 1.70. The highest BCUT2D eigenvalue weighted by Crippen LogP contribution is 2.34. The molecule has 0 unspecified atom stereocenters. The predicted molar refractivity (Wildman–Crippen MR) is 125 cm³/mol. The third kappa shape index (κ3) is 4.42. The van der Waals surface area contributed by atoms with Gasteiger partial charge in [0.15, 0.2) is 0 Å². The van der Waals surface area contributed by atoms with Gasteiger partial charge < -0.3 is 15.6 Å². The quantitative estimate of drug-likeness (QED) is 0.430. The molecular formula is C24H20F3N5O2. The van der Waals surface area contributed by atoms with Gasteiger partial charge in [0.05, 0.1) is 34.2 Å². The zero-order valence-electron chi connectivity index (χ0n) is 18.2. The highest BCUT2D eigenvalue weighted by Gasteiger charge is 2.30. The normalized spacial score (nSPS) is 11.4. The van der Waals surface area contributed by atoms with Crippen molar-refractivity contribution in [2.45, 2.75) is 13.1 Å². The fraction of sp³-hybridized carbons (Fsp3) is 0.125. The molecule has 4 aromatic rings. The molecule has 174 valence electrons. The molecule has 3 aromatic carbocycles. The molecule has 0 atom stereocenters. The zero-order valence-corrected chi connectivity index (χ0v) is 18.2. The van der Waals surface area contributed by atoms with E-state index < -0.39 is 17.8 Å². The smallest absolute Gasteiger partial charge is 0.355 e. The Morgan fingerprint density at radius 1 is 1.03 bits per heavy atom. The van der Waals surface area contributed by atoms with Crippen molar-refractivity contribution >= 4 is 39.7 Å². The summed E-state index contributed by atoms with van der Waals surface area (Å²) in [6, 6.07) is 13.5. The van der Waals surface area contributed by atoms with Gasteiger partial charge >= 0.3 is 12.2 Å². The van der Waals surface area contributed by atoms with E-state index in [0.29, 0.717) is 28.0 Å². The number of halogens is 3. The summed E-state index contributed by atoms with van der Waals surface area (Å²) in [4.78, 5) is 30.0. The second-order valence-corrected chi connectivity index (χ2v) is 7.74. The van der Waals surface area contributed by atoms with Crippen LogP contribution >= 0.6 is 0 Å². The van der Waals surface area contributed by atoms with Crippen molar-refractivity contribution in [3.05, 3.63) is 88.5 Å². The van der Waals surface area contributed by atoms with Crippen LogP contribution in [0.1, 0.15) is 11.1 Å². The van der Waals surface area contributed by atoms with E-state index in [0.717, 1.165) is 22.6 Å². The molecule has 0 radical (unpaired) electrons. The van der Waals surface area contributed by atoms with Gasteiger partial charge in [-0.2, -0.15) is 13.2 Å². The number of urea groups is 1. The van der Waals surface area contributed by atoms with Gasteiger partial charge in [-0.25, -0.2) is 9.78 Å². The number of nitrogens with one attached hydrogen (secondary N) is 1. The number of benzene rings is 3. The second kappa shape index (κ2) is 8.54. The van der Waals surface area contributed by atoms with Gasteiger partial charge in [0.2, 0.25) is 0 Å². The van der Waals surface area contributed by atoms with Crippen LogP contribution in [0.5, 0.6) is 0 Å². The number of aryl methyl sites for hydroxylation is 2. The van der Waals surface area contributed by atoms with E-state index >= 15 is 0 Å². The number of nitrogens with two attached hydrogens (primary N) is 1. The number of anilines is 4. The molecule has 4 rings (SSSR count). The van der Waals surface area contributed by atoms with Crippen LogP contribution in [-0.4, -0.2) is 15.6 Å². The Morgan fingerprint density at radius 2 is 1.71 bits per heavy atom. The van der Waals surface area contributed by atoms with Crippen molar-refractivity contribution in [3.8, 4) is 0 Å². The maximum Gasteiger partial charge on any atom is 0.416 e. The van der Waals surface area contributed by atoms with E-state index in [2.05, 4.69) is 10.3 Å². The number of hydrogen-bond donors (Lipinski definition) is 2. The van der Waals surface area contributed by atoms with Crippen LogP contribution in [0.3, 0.4) is 0 Å². The third-order valence-electron chi connectivity index (χ3n) is 5.35. The lowest BCUT2D eigenvalue weighted by Crippen LogP contribution is -2.31. The van der Waals surface area contributed by atoms with Gasteiger partial charge in [0, 0.05) is 18.4 Å². The summed E-state index contributed by atoms with van der Waals surface area (Å²) in [5, 5.41) is 3.66. The van der Waals surface area contributed by atoms with Gasteiger partial charge in [-0.3, -0.25) is 9.69 Å². The monoisotopic (exact) mass is 467 g/mol. The molecule has 0 aliphatic rings. The van der Waals surface area contributed by atoms with Crippen LogP contribution in [0.2, 0.25) is 0 Å². The number of carbonyl (C=O) groups excluding carboxylic acids is 1. The maximum atomic E-state index is 12.9. The first-order valence-electron chi connectivity index (χ1n) is 10.1. The van der Waals surface area contributed by atoms with Crippen molar-refractivity contribution in [1.29, 1.82) is 0 Å². The van der Waals surface area contributed by atoms with Gasteiger partial charge in [-0.15, -0.1) is 0 Å². The van der Waals surface area contributed by atoms with E-state index in [1.165, 1.54) is 23.0 Å². The molecular weight excluding hydrogens is 447 g/mol. The number of alkyl halides is 3. The fourth-order valence-corrected chi connectivity index (χ4v) is 3.53. The van der Waals surface area contributed by atoms with Gasteiger partial charge in [0.25, 0.3) is 5.56 Å². The Hall–Kier alpha value is -4.34. The van der Waals surface area contributed by atoms with E-state index in [4.69, 9.17) is 5.73 Å². The molecule has 0 bridgehead atoms. The van der Waals surface area contributed by atoms with Gasteiger partial charge in [0.1, 0.15) is 0 Å². The van der Waals surface area contributed by atoms with Crippen LogP contribution in [0.4, 0.5) is 40.7 Å². The summed E-state index contributed by atoms with van der Waals surface area (Å²) >= 11 is 0. The summed E-state index contributed by atoms with van der Waals surface area (Å²) in [5.74, 6) is 0. The molecule has 0 aliphatic carbocycles. The first-order chi connectivity index (χ1) is 16.0. The standard InChI is InChI=1S/C24H20F3N5O2/c1-14-3-7-18(32(23(28)34)17-8-4-15(5-9-17)24(25,26)27)12-21(14)30-16-6-10-20-19(11-16)22(33)31(2)13-29-20/h3-13,30H,1-2H3,(H2,28,34). The zero-order chi connectivity index (χ0) is 24.6. The van der Waals surface area contributed by atoms with Crippen LogP contribution in [0, 0.1) is 6.92 Å². The number of primary amides is 1. The molecule has 1 heterocycles. The van der Waals surface area contributed by atoms with E-state index in [1.807, 2.05) is 6.92 Å². The Kier molecular flexibility index (Phi) is 5.74. The van der Waals surface area contributed by atoms with Crippen molar-refractivity contribution in [2.24, 2.45) is 12.8 Å². The van der Waals surface area contributed by atoms with E-state index in [9.17, 15) is 22.8 Å². The molecule has 0 fully saturated rings. The van der Waals surface area contributed by atoms with Crippen LogP contribution in [-0.2, 0) is 13.2 Å². The molecule has 10 heteroatoms. The highest BCUT2D eigenvalue weighted by molar-refractivity contribution is 5.99. The number of aromatic nitrogens is 2. The summed E-state index contributed by atoms with van der Waals surface area (Å²) in [5.41, 5.74) is 7.72. The molecule has 0 spiro atoms. The maximum absolute atomic E-state index is 12.9. The van der Waals surface area contributed by atoms with Gasteiger partial charge in [-0.05, 0) is 67.1 Å². The summed E-state index contributed by atoms with van der Waals surface area (Å²) in [6.45, 7) is 1.85. The molecule has 0 saturated heterocycles. The number of rotatable bonds is 4. The predicted octanol–water partition coefficient (Wildman–Crippen LogP) is 5.22. The SMILES string of the molecule is Cc1ccc(N(C(N)=O)c2ccc(C(F)(F)F)cc2)cc1Nc1ccc2ncn(C)c(=O)c2c1. The number of fused-ring (bicyclic) bond motifs is 1. The summed E-state index contributed by atoms with van der Waals surface area (Å²) < 4.78 is 40.1. The van der Waals surface area contributed by atoms with Crippen LogP contribution in [0.25, 0.3) is 10.9 Å². The average Bonchev–Trinajstić information content (AvgIpc) is 2.78. The number of nitrogens with zero attached hydrogens (tertiary/aromatic N) is 3. The summed E-state index contributed by atoms with van der Waals surface area (Å²) in [7, 11) is 1.61. The third-order valence-corrected chi connectivity index (χ3v) is 5.35. The lowest BCUT2D eigenvalue weighted by atomic mass is 10.1. The molecule has 1 aromatic heterocycles. The van der Waals surface area contributed by atoms with Crippen molar-refractivity contribution in [2.75, 3.05) is 10.2 Å². The van der Waals surface area contributed by atoms with E-state index in [-0.39, 0.29) is 11.2 Å². The minimum atomic E-state index is -4.49. The van der Waals surface area contributed by atoms with Gasteiger partial charge in [-0.1, -0.05) is 6.07 Å². The van der Waals surface area contributed by atoms with Crippen molar-refractivity contribution in [3.63, 3.8) is 0 Å². The molecule has 3 N–H and O–H groups in total. The molecule has 0 saturated carbocycles. The van der Waals surface area contributed by atoms with Crippen molar-refractivity contribution in [1.82, 2.24) is 9.55 Å². The lowest BCUT2D eigenvalue weighted by Gasteiger charge is -2.23. The molecule has 7 nitrogen and oxygen atoms in total. The van der Waals surface area contributed by atoms with Crippen LogP contribution in [0.15, 0.2) is 71.8 Å². The van der Waals surface area contributed by atoms with Crippen molar-refractivity contribution < 1.29 is 18.0 Å². The fourth-order valence-electron chi connectivity index (χ4n) is 3.53. The topological polar surface area (TPSA) is 93.2 Å². The molecule has 0 aliphatic heterocycles. The average molecular weight is 467 g/mol. The molecule has 2 amide bonds. The number of hydrogen-bond acceptors (Lipinski definition) is 4. The number of amides is 2. The summed E-state index contributed by atoms with van der Waals surface area (Å²) in [6.07, 6.45) is -3.04. The van der Waals surface area contributed by atoms with E-state index in [1.54, 1.807) is 43.4 Å². The Morgan fingerprint density at radius 3 is 2.35 bits per heavy atom. The largest absolute Gasteiger partial charge is 0.416 e. The Bertz CT molecular complexity index is 1450. The Labute approximate surface area is 192 Å². The first kappa shape index (κ1) is 22.8. The minimum Gasteiger partial charge on any atom is -0.355 e. The second-order valence-electron chi connectivity index (χ2n) is 7.74. The lowest BCUT2D eigenvalue weighted by molar-refractivity contribution is -0.137.